The van der Waals surface area contributed by atoms with Crippen molar-refractivity contribution in [2.45, 2.75) is 13.0 Å². The number of hydrogen-bond donors (Lipinski definition) is 1. The van der Waals surface area contributed by atoms with Crippen molar-refractivity contribution < 1.29 is 0 Å². The fraction of sp³-hybridized carbons (Fsp3) is 0.278. The summed E-state index contributed by atoms with van der Waals surface area (Å²) >= 11 is 0. The first-order chi connectivity index (χ1) is 10.3. The zero-order valence-electron chi connectivity index (χ0n) is 12.4. The van der Waals surface area contributed by atoms with E-state index in [1.54, 1.807) is 0 Å². The summed E-state index contributed by atoms with van der Waals surface area (Å²) in [4.78, 5) is 2.27. The molecule has 0 unspecified atom stereocenters. The predicted molar refractivity (Wildman–Crippen MR) is 87.2 cm³/mol. The minimum atomic E-state index is 0.711. The fourth-order valence-electron chi connectivity index (χ4n) is 2.18. The van der Waals surface area contributed by atoms with Gasteiger partial charge in [-0.25, -0.2) is 0 Å². The lowest BCUT2D eigenvalue weighted by Gasteiger charge is -2.19. The summed E-state index contributed by atoms with van der Waals surface area (Å²) in [6.45, 7) is 2.86. The van der Waals surface area contributed by atoms with E-state index in [9.17, 15) is 0 Å². The van der Waals surface area contributed by atoms with Gasteiger partial charge in [0.25, 0.3) is 0 Å². The predicted octanol–water partition coefficient (Wildman–Crippen LogP) is 3.17. The number of nitrogens with zero attached hydrogens (tertiary/aromatic N) is 2. The largest absolute Gasteiger partial charge is 0.375 e. The standard InChI is InChI=1S/C18H21N3/c1-21(18-6-3-2-4-7-18)13-5-12-20-15-17-10-8-16(14-19)9-11-17/h2-4,6-11,20H,5,12-13,15H2,1H3. The van der Waals surface area contributed by atoms with E-state index in [0.717, 1.165) is 26.1 Å². The molecule has 0 bridgehead atoms. The van der Waals surface area contributed by atoms with Crippen molar-refractivity contribution in [1.82, 2.24) is 5.32 Å². The van der Waals surface area contributed by atoms with Gasteiger partial charge in [-0.15, -0.1) is 0 Å². The summed E-state index contributed by atoms with van der Waals surface area (Å²) < 4.78 is 0. The lowest BCUT2D eigenvalue weighted by molar-refractivity contribution is 0.646. The Bertz CT molecular complexity index is 570. The summed E-state index contributed by atoms with van der Waals surface area (Å²) in [5.41, 5.74) is 3.18. The maximum absolute atomic E-state index is 8.75. The maximum atomic E-state index is 8.75. The SMILES string of the molecule is CN(CCCNCc1ccc(C#N)cc1)c1ccccc1. The van der Waals surface area contributed by atoms with Gasteiger partial charge in [-0.2, -0.15) is 5.26 Å². The van der Waals surface area contributed by atoms with E-state index in [4.69, 9.17) is 5.26 Å². The fourth-order valence-corrected chi connectivity index (χ4v) is 2.18. The molecule has 1 N–H and O–H groups in total. The molecule has 0 aliphatic carbocycles. The smallest absolute Gasteiger partial charge is 0.0991 e. The summed E-state index contributed by atoms with van der Waals surface area (Å²) in [5, 5.41) is 12.2. The molecular formula is C18H21N3. The Kier molecular flexibility index (Phi) is 5.81. The van der Waals surface area contributed by atoms with Gasteiger partial charge in [-0.1, -0.05) is 30.3 Å². The molecule has 0 radical (unpaired) electrons. The van der Waals surface area contributed by atoms with Crippen molar-refractivity contribution in [1.29, 1.82) is 5.26 Å². The molecule has 2 rings (SSSR count). The van der Waals surface area contributed by atoms with Gasteiger partial charge < -0.3 is 10.2 Å². The number of hydrogen-bond acceptors (Lipinski definition) is 3. The molecule has 0 spiro atoms. The van der Waals surface area contributed by atoms with Crippen LogP contribution in [-0.2, 0) is 6.54 Å². The van der Waals surface area contributed by atoms with Gasteiger partial charge in [0.05, 0.1) is 11.6 Å². The van der Waals surface area contributed by atoms with Gasteiger partial charge in [0.1, 0.15) is 0 Å². The van der Waals surface area contributed by atoms with E-state index in [2.05, 4.69) is 47.6 Å². The van der Waals surface area contributed by atoms with Crippen LogP contribution in [0, 0.1) is 11.3 Å². The first kappa shape index (κ1) is 15.1. The third-order valence-corrected chi connectivity index (χ3v) is 3.46. The molecule has 2 aromatic carbocycles. The van der Waals surface area contributed by atoms with Crippen LogP contribution in [0.5, 0.6) is 0 Å². The first-order valence-electron chi connectivity index (χ1n) is 7.25. The Morgan fingerprint density at radius 1 is 1.05 bits per heavy atom. The zero-order chi connectivity index (χ0) is 14.9. The number of benzene rings is 2. The average Bonchev–Trinajstić information content (AvgIpc) is 2.55. The Hall–Kier alpha value is -2.31. The number of para-hydroxylation sites is 1. The van der Waals surface area contributed by atoms with Crippen LogP contribution < -0.4 is 10.2 Å². The minimum absolute atomic E-state index is 0.711. The maximum Gasteiger partial charge on any atom is 0.0991 e. The molecule has 0 saturated carbocycles. The topological polar surface area (TPSA) is 39.1 Å². The lowest BCUT2D eigenvalue weighted by atomic mass is 10.1. The minimum Gasteiger partial charge on any atom is -0.375 e. The Morgan fingerprint density at radius 2 is 1.76 bits per heavy atom. The molecule has 0 fully saturated rings. The molecular weight excluding hydrogens is 258 g/mol. The highest BCUT2D eigenvalue weighted by Gasteiger charge is 1.99. The van der Waals surface area contributed by atoms with Gasteiger partial charge in [0, 0.05) is 25.8 Å². The molecule has 21 heavy (non-hydrogen) atoms. The van der Waals surface area contributed by atoms with Crippen molar-refractivity contribution in [3.05, 3.63) is 65.7 Å². The number of nitrogens with one attached hydrogen (secondary N) is 1. The van der Waals surface area contributed by atoms with Crippen molar-refractivity contribution in [3.63, 3.8) is 0 Å². The molecule has 0 heterocycles. The van der Waals surface area contributed by atoms with Crippen LogP contribution in [-0.4, -0.2) is 20.1 Å². The number of rotatable bonds is 7. The van der Waals surface area contributed by atoms with Crippen LogP contribution in [0.15, 0.2) is 54.6 Å². The molecule has 0 aliphatic rings. The second-order valence-electron chi connectivity index (χ2n) is 5.10. The molecule has 0 saturated heterocycles. The second-order valence-corrected chi connectivity index (χ2v) is 5.10. The van der Waals surface area contributed by atoms with Crippen LogP contribution in [0.2, 0.25) is 0 Å². The van der Waals surface area contributed by atoms with Gasteiger partial charge >= 0.3 is 0 Å². The molecule has 2 aromatic rings. The van der Waals surface area contributed by atoms with E-state index >= 15 is 0 Å². The Morgan fingerprint density at radius 3 is 2.43 bits per heavy atom. The highest BCUT2D eigenvalue weighted by atomic mass is 15.1. The lowest BCUT2D eigenvalue weighted by Crippen LogP contribution is -2.23. The van der Waals surface area contributed by atoms with Crippen molar-refractivity contribution in [3.8, 4) is 6.07 Å². The van der Waals surface area contributed by atoms with E-state index < -0.39 is 0 Å². The average molecular weight is 279 g/mol. The van der Waals surface area contributed by atoms with Crippen LogP contribution in [0.4, 0.5) is 5.69 Å². The van der Waals surface area contributed by atoms with E-state index in [0.29, 0.717) is 5.56 Å². The third-order valence-electron chi connectivity index (χ3n) is 3.46. The monoisotopic (exact) mass is 279 g/mol. The summed E-state index contributed by atoms with van der Waals surface area (Å²) in [6.07, 6.45) is 1.10. The highest BCUT2D eigenvalue weighted by molar-refractivity contribution is 5.44. The molecule has 0 aromatic heterocycles. The molecule has 0 atom stereocenters. The van der Waals surface area contributed by atoms with Gasteiger partial charge in [0.15, 0.2) is 0 Å². The second kappa shape index (κ2) is 8.08. The van der Waals surface area contributed by atoms with Gasteiger partial charge in [0.2, 0.25) is 0 Å². The zero-order valence-corrected chi connectivity index (χ0v) is 12.4. The van der Waals surface area contributed by atoms with Crippen molar-refractivity contribution in [2.75, 3.05) is 25.0 Å². The summed E-state index contributed by atoms with van der Waals surface area (Å²) in [6, 6.07) is 20.3. The third kappa shape index (κ3) is 4.94. The number of nitriles is 1. The Balaban J connectivity index is 1.65. The van der Waals surface area contributed by atoms with Gasteiger partial charge in [-0.3, -0.25) is 0 Å². The van der Waals surface area contributed by atoms with Crippen LogP contribution >= 0.6 is 0 Å². The summed E-state index contributed by atoms with van der Waals surface area (Å²) in [5.74, 6) is 0. The van der Waals surface area contributed by atoms with Crippen LogP contribution in [0.25, 0.3) is 0 Å². The van der Waals surface area contributed by atoms with Gasteiger partial charge in [-0.05, 0) is 42.8 Å². The molecule has 0 aliphatic heterocycles. The molecule has 0 amide bonds. The van der Waals surface area contributed by atoms with Crippen LogP contribution in [0.1, 0.15) is 17.5 Å². The van der Waals surface area contributed by atoms with E-state index in [-0.39, 0.29) is 0 Å². The molecule has 108 valence electrons. The van der Waals surface area contributed by atoms with Crippen molar-refractivity contribution in [2.24, 2.45) is 0 Å². The normalized spacial score (nSPS) is 10.1. The highest BCUT2D eigenvalue weighted by Crippen LogP contribution is 2.10. The first-order valence-corrected chi connectivity index (χ1v) is 7.25. The molecule has 3 nitrogen and oxygen atoms in total. The number of anilines is 1. The summed E-state index contributed by atoms with van der Waals surface area (Å²) in [7, 11) is 2.12. The molecule has 3 heteroatoms. The quantitative estimate of drug-likeness (QED) is 0.791. The van der Waals surface area contributed by atoms with E-state index in [1.807, 2.05) is 30.3 Å². The van der Waals surface area contributed by atoms with Crippen LogP contribution in [0.3, 0.4) is 0 Å². The Labute approximate surface area is 126 Å². The van der Waals surface area contributed by atoms with Crippen molar-refractivity contribution >= 4 is 5.69 Å². The van der Waals surface area contributed by atoms with E-state index in [1.165, 1.54) is 11.3 Å².